The number of methoxy groups -OCH3 is 1. The summed E-state index contributed by atoms with van der Waals surface area (Å²) < 4.78 is 10.8. The molecule has 0 spiro atoms. The van der Waals surface area contributed by atoms with Crippen molar-refractivity contribution in [1.29, 1.82) is 0 Å². The minimum absolute atomic E-state index is 0.150. The van der Waals surface area contributed by atoms with Crippen LogP contribution < -0.4 is 10.2 Å². The van der Waals surface area contributed by atoms with E-state index in [1.807, 2.05) is 43.3 Å². The molecule has 0 aliphatic carbocycles. The number of hydrogen-bond donors (Lipinski definition) is 1. The zero-order chi connectivity index (χ0) is 19.1. The quantitative estimate of drug-likeness (QED) is 0.759. The largest absolute Gasteiger partial charge is 0.382 e. The minimum atomic E-state index is -0.150. The third-order valence-electron chi connectivity index (χ3n) is 4.73. The lowest BCUT2D eigenvalue weighted by Gasteiger charge is -2.32. The van der Waals surface area contributed by atoms with E-state index in [4.69, 9.17) is 9.47 Å². The highest BCUT2D eigenvalue weighted by atomic mass is 16.5. The molecule has 1 aliphatic rings. The van der Waals surface area contributed by atoms with Gasteiger partial charge in [-0.05, 0) is 44.0 Å². The van der Waals surface area contributed by atoms with Crippen LogP contribution in [0.3, 0.4) is 0 Å². The molecule has 1 saturated heterocycles. The van der Waals surface area contributed by atoms with E-state index in [0.717, 1.165) is 43.0 Å². The highest BCUT2D eigenvalue weighted by Crippen LogP contribution is 2.20. The Morgan fingerprint density at radius 1 is 1.15 bits per heavy atom. The summed E-state index contributed by atoms with van der Waals surface area (Å²) in [5.41, 5.74) is 2.49. The van der Waals surface area contributed by atoms with Crippen LogP contribution in [-0.2, 0) is 9.47 Å². The number of carbonyl (C=O) groups excluding carboxylic acids is 1. The smallest absolute Gasteiger partial charge is 0.257 e. The maximum absolute atomic E-state index is 12.4. The lowest BCUT2D eigenvalue weighted by atomic mass is 10.1. The van der Waals surface area contributed by atoms with E-state index in [1.165, 1.54) is 0 Å². The summed E-state index contributed by atoms with van der Waals surface area (Å²) in [5, 5.41) is 2.90. The number of nitrogens with zero attached hydrogens (tertiary/aromatic N) is 2. The van der Waals surface area contributed by atoms with Crippen molar-refractivity contribution in [2.24, 2.45) is 0 Å². The van der Waals surface area contributed by atoms with E-state index < -0.39 is 0 Å². The van der Waals surface area contributed by atoms with Crippen molar-refractivity contribution in [2.45, 2.75) is 25.9 Å². The number of hydrogen-bond acceptors (Lipinski definition) is 5. The predicted molar refractivity (Wildman–Crippen MR) is 106 cm³/mol. The molecular weight excluding hydrogens is 342 g/mol. The average Bonchev–Trinajstić information content (AvgIpc) is 2.70. The summed E-state index contributed by atoms with van der Waals surface area (Å²) in [5.74, 6) is 0.750. The van der Waals surface area contributed by atoms with Gasteiger partial charge in [-0.25, -0.2) is 4.98 Å². The Morgan fingerprint density at radius 2 is 1.89 bits per heavy atom. The third-order valence-corrected chi connectivity index (χ3v) is 4.73. The van der Waals surface area contributed by atoms with E-state index in [9.17, 15) is 4.79 Å². The third kappa shape index (κ3) is 5.52. The van der Waals surface area contributed by atoms with Crippen LogP contribution >= 0.6 is 0 Å². The van der Waals surface area contributed by atoms with Crippen LogP contribution in [0.15, 0.2) is 42.6 Å². The van der Waals surface area contributed by atoms with Gasteiger partial charge in [-0.1, -0.05) is 17.7 Å². The minimum Gasteiger partial charge on any atom is -0.382 e. The van der Waals surface area contributed by atoms with Gasteiger partial charge in [0.05, 0.1) is 24.9 Å². The fourth-order valence-electron chi connectivity index (χ4n) is 3.10. The first-order valence-corrected chi connectivity index (χ1v) is 9.35. The first kappa shape index (κ1) is 19.3. The number of anilines is 2. The van der Waals surface area contributed by atoms with Crippen molar-refractivity contribution in [3.05, 3.63) is 53.7 Å². The van der Waals surface area contributed by atoms with Gasteiger partial charge in [0.25, 0.3) is 5.91 Å². The number of benzene rings is 1. The van der Waals surface area contributed by atoms with Gasteiger partial charge in [0, 0.05) is 32.1 Å². The van der Waals surface area contributed by atoms with E-state index in [-0.39, 0.29) is 12.0 Å². The van der Waals surface area contributed by atoms with Gasteiger partial charge in [0.15, 0.2) is 0 Å². The molecule has 1 aromatic carbocycles. The number of nitrogens with one attached hydrogen (secondary N) is 1. The van der Waals surface area contributed by atoms with Gasteiger partial charge in [-0.2, -0.15) is 0 Å². The van der Waals surface area contributed by atoms with Gasteiger partial charge < -0.3 is 19.7 Å². The summed E-state index contributed by atoms with van der Waals surface area (Å²) >= 11 is 0. The van der Waals surface area contributed by atoms with Crippen molar-refractivity contribution in [3.8, 4) is 0 Å². The van der Waals surface area contributed by atoms with Crippen LogP contribution in [0.4, 0.5) is 11.5 Å². The Labute approximate surface area is 160 Å². The predicted octanol–water partition coefficient (Wildman–Crippen LogP) is 3.27. The molecule has 144 valence electrons. The van der Waals surface area contributed by atoms with Gasteiger partial charge in [0.2, 0.25) is 0 Å². The van der Waals surface area contributed by atoms with Gasteiger partial charge in [-0.3, -0.25) is 4.79 Å². The lowest BCUT2D eigenvalue weighted by Crippen LogP contribution is -2.37. The highest BCUT2D eigenvalue weighted by Gasteiger charge is 2.20. The maximum Gasteiger partial charge on any atom is 0.257 e. The number of pyridine rings is 1. The van der Waals surface area contributed by atoms with Crippen molar-refractivity contribution >= 4 is 17.4 Å². The van der Waals surface area contributed by atoms with E-state index in [0.29, 0.717) is 18.8 Å². The molecule has 1 amide bonds. The second kappa shape index (κ2) is 9.48. The fraction of sp³-hybridized carbons (Fsp3) is 0.429. The standard InChI is InChI=1S/C21H27N3O3/c1-16-3-6-18(7-4-16)23-21(25)17-5-8-20(22-15-17)24-11-9-19(10-12-24)27-14-13-26-2/h3-8,15,19H,9-14H2,1-2H3,(H,23,25). The van der Waals surface area contributed by atoms with Crippen molar-refractivity contribution in [3.63, 3.8) is 0 Å². The molecule has 2 aromatic rings. The average molecular weight is 369 g/mol. The number of aromatic nitrogens is 1. The summed E-state index contributed by atoms with van der Waals surface area (Å²) in [7, 11) is 1.68. The molecule has 0 atom stereocenters. The van der Waals surface area contributed by atoms with Crippen LogP contribution in [0.5, 0.6) is 0 Å². The molecular formula is C21H27N3O3. The number of aryl methyl sites for hydroxylation is 1. The molecule has 6 heteroatoms. The van der Waals surface area contributed by atoms with Crippen LogP contribution in [0, 0.1) is 6.92 Å². The SMILES string of the molecule is COCCOC1CCN(c2ccc(C(=O)Nc3ccc(C)cc3)cn2)CC1. The van der Waals surface area contributed by atoms with Crippen molar-refractivity contribution in [1.82, 2.24) is 4.98 Å². The van der Waals surface area contributed by atoms with E-state index in [1.54, 1.807) is 13.3 Å². The second-order valence-electron chi connectivity index (χ2n) is 6.78. The van der Waals surface area contributed by atoms with Crippen LogP contribution in [0.25, 0.3) is 0 Å². The second-order valence-corrected chi connectivity index (χ2v) is 6.78. The number of ether oxygens (including phenoxy) is 2. The van der Waals surface area contributed by atoms with Crippen LogP contribution in [-0.4, -0.2) is 50.4 Å². The number of rotatable bonds is 7. The molecule has 2 heterocycles. The molecule has 1 aromatic heterocycles. The number of carbonyl (C=O) groups is 1. The molecule has 3 rings (SSSR count). The maximum atomic E-state index is 12.4. The molecule has 0 saturated carbocycles. The summed E-state index contributed by atoms with van der Waals surface area (Å²) in [6, 6.07) is 11.5. The number of piperidine rings is 1. The fourth-order valence-corrected chi connectivity index (χ4v) is 3.10. The summed E-state index contributed by atoms with van der Waals surface area (Å²) in [4.78, 5) is 19.1. The summed E-state index contributed by atoms with van der Waals surface area (Å²) in [6.07, 6.45) is 3.87. The van der Waals surface area contributed by atoms with Crippen LogP contribution in [0.1, 0.15) is 28.8 Å². The van der Waals surface area contributed by atoms with Crippen molar-refractivity contribution in [2.75, 3.05) is 43.6 Å². The molecule has 1 aliphatic heterocycles. The topological polar surface area (TPSA) is 63.7 Å². The van der Waals surface area contributed by atoms with Gasteiger partial charge in [-0.15, -0.1) is 0 Å². The van der Waals surface area contributed by atoms with E-state index >= 15 is 0 Å². The Morgan fingerprint density at radius 3 is 2.52 bits per heavy atom. The van der Waals surface area contributed by atoms with Crippen molar-refractivity contribution < 1.29 is 14.3 Å². The van der Waals surface area contributed by atoms with Gasteiger partial charge in [0.1, 0.15) is 5.82 Å². The zero-order valence-corrected chi connectivity index (χ0v) is 16.0. The molecule has 6 nitrogen and oxygen atoms in total. The Balaban J connectivity index is 1.51. The first-order chi connectivity index (χ1) is 13.2. The first-order valence-electron chi connectivity index (χ1n) is 9.35. The molecule has 0 unspecified atom stereocenters. The molecule has 1 N–H and O–H groups in total. The molecule has 1 fully saturated rings. The number of amides is 1. The van der Waals surface area contributed by atoms with Crippen LogP contribution in [0.2, 0.25) is 0 Å². The molecule has 0 radical (unpaired) electrons. The normalized spacial score (nSPS) is 15.0. The molecule has 0 bridgehead atoms. The summed E-state index contributed by atoms with van der Waals surface area (Å²) in [6.45, 7) is 5.10. The Hall–Kier alpha value is -2.44. The Bertz CT molecular complexity index is 723. The zero-order valence-electron chi connectivity index (χ0n) is 16.0. The lowest BCUT2D eigenvalue weighted by molar-refractivity contribution is 0.00604. The van der Waals surface area contributed by atoms with E-state index in [2.05, 4.69) is 15.2 Å². The Kier molecular flexibility index (Phi) is 6.79. The molecule has 27 heavy (non-hydrogen) atoms. The highest BCUT2D eigenvalue weighted by molar-refractivity contribution is 6.04. The van der Waals surface area contributed by atoms with Gasteiger partial charge >= 0.3 is 0 Å². The monoisotopic (exact) mass is 369 g/mol.